The van der Waals surface area contributed by atoms with Gasteiger partial charge in [0.1, 0.15) is 6.61 Å². The Labute approximate surface area is 177 Å². The smallest absolute Gasteiger partial charge is 0.255 e. The minimum Gasteiger partial charge on any atom is -0.483 e. The lowest BCUT2D eigenvalue weighted by Gasteiger charge is -2.11. The summed E-state index contributed by atoms with van der Waals surface area (Å²) in [5, 5.41) is 3.22. The molecular formula is C20H10Cl2F5NO2. The number of anilines is 1. The number of amides is 1. The van der Waals surface area contributed by atoms with Crippen molar-refractivity contribution >= 4 is 34.8 Å². The molecule has 0 saturated carbocycles. The summed E-state index contributed by atoms with van der Waals surface area (Å²) >= 11 is 11.8. The van der Waals surface area contributed by atoms with Crippen LogP contribution in [0.15, 0.2) is 42.5 Å². The van der Waals surface area contributed by atoms with Crippen LogP contribution in [0.25, 0.3) is 0 Å². The average Bonchev–Trinajstić information content (AvgIpc) is 2.73. The van der Waals surface area contributed by atoms with Crippen molar-refractivity contribution in [1.82, 2.24) is 0 Å². The molecular weight excluding hydrogens is 452 g/mol. The molecule has 0 bridgehead atoms. The third kappa shape index (κ3) is 4.49. The largest absolute Gasteiger partial charge is 0.483 e. The quantitative estimate of drug-likeness (QED) is 0.267. The zero-order chi connectivity index (χ0) is 22.0. The predicted molar refractivity (Wildman–Crippen MR) is 101 cm³/mol. The van der Waals surface area contributed by atoms with Crippen LogP contribution in [0, 0.1) is 29.1 Å². The van der Waals surface area contributed by atoms with E-state index in [1.807, 2.05) is 0 Å². The van der Waals surface area contributed by atoms with Gasteiger partial charge in [0.15, 0.2) is 5.75 Å². The van der Waals surface area contributed by atoms with Gasteiger partial charge in [0.25, 0.3) is 5.91 Å². The maximum Gasteiger partial charge on any atom is 0.255 e. The molecule has 0 aliphatic carbocycles. The van der Waals surface area contributed by atoms with Crippen molar-refractivity contribution in [3.05, 3.63) is 92.7 Å². The number of hydrogen-bond acceptors (Lipinski definition) is 2. The molecule has 0 aliphatic heterocycles. The first-order valence-corrected chi connectivity index (χ1v) is 8.94. The second kappa shape index (κ2) is 8.89. The van der Waals surface area contributed by atoms with Gasteiger partial charge in [0, 0.05) is 10.6 Å². The zero-order valence-electron chi connectivity index (χ0n) is 14.7. The highest BCUT2D eigenvalue weighted by molar-refractivity contribution is 6.35. The van der Waals surface area contributed by atoms with Crippen LogP contribution in [-0.4, -0.2) is 5.91 Å². The second-order valence-electron chi connectivity index (χ2n) is 5.96. The molecule has 0 aromatic heterocycles. The number of rotatable bonds is 5. The molecule has 156 valence electrons. The first-order chi connectivity index (χ1) is 14.2. The predicted octanol–water partition coefficient (Wildman–Crippen LogP) is 6.52. The number of hydrogen-bond donors (Lipinski definition) is 1. The number of ether oxygens (including phenoxy) is 1. The average molecular weight is 462 g/mol. The number of halogens is 7. The van der Waals surface area contributed by atoms with Gasteiger partial charge in [0.05, 0.1) is 10.7 Å². The molecule has 10 heteroatoms. The van der Waals surface area contributed by atoms with Crippen LogP contribution in [-0.2, 0) is 6.61 Å². The van der Waals surface area contributed by atoms with Crippen LogP contribution < -0.4 is 10.1 Å². The van der Waals surface area contributed by atoms with Crippen molar-refractivity contribution in [3.8, 4) is 5.75 Å². The molecule has 0 spiro atoms. The van der Waals surface area contributed by atoms with E-state index in [1.165, 1.54) is 36.4 Å². The first kappa shape index (κ1) is 21.9. The summed E-state index contributed by atoms with van der Waals surface area (Å²) in [5.41, 5.74) is 0.829. The Morgan fingerprint density at radius 1 is 0.833 bits per heavy atom. The van der Waals surface area contributed by atoms with Crippen molar-refractivity contribution in [2.45, 2.75) is 6.61 Å². The molecule has 1 N–H and O–H groups in total. The van der Waals surface area contributed by atoms with Crippen LogP contribution in [0.1, 0.15) is 15.9 Å². The fourth-order valence-electron chi connectivity index (χ4n) is 2.41. The van der Waals surface area contributed by atoms with Gasteiger partial charge < -0.3 is 10.1 Å². The number of nitrogens with one attached hydrogen (secondary N) is 1. The van der Waals surface area contributed by atoms with Gasteiger partial charge in [-0.15, -0.1) is 0 Å². The number of carbonyl (C=O) groups excluding carboxylic acids is 1. The number of carbonyl (C=O) groups is 1. The van der Waals surface area contributed by atoms with Gasteiger partial charge in [-0.25, -0.2) is 13.2 Å². The summed E-state index contributed by atoms with van der Waals surface area (Å²) in [7, 11) is 0. The number of benzene rings is 3. The summed E-state index contributed by atoms with van der Waals surface area (Å²) in [6.07, 6.45) is 0. The Morgan fingerprint density at radius 3 is 2.00 bits per heavy atom. The standard InChI is InChI=1S/C20H10Cl2F5NO2/c21-11-5-6-12(22)13(7-11)28-20(29)10-3-1-9(2-4-10)8-30-19-17(26)15(24)14(23)16(25)18(19)27/h1-7H,8H2,(H,28,29). The molecule has 0 atom stereocenters. The van der Waals surface area contributed by atoms with Gasteiger partial charge >= 0.3 is 0 Å². The summed E-state index contributed by atoms with van der Waals surface area (Å²) in [4.78, 5) is 12.3. The van der Waals surface area contributed by atoms with E-state index < -0.39 is 47.3 Å². The molecule has 0 fully saturated rings. The third-order valence-electron chi connectivity index (χ3n) is 3.95. The summed E-state index contributed by atoms with van der Waals surface area (Å²) in [5.74, 6) is -12.5. The lowest BCUT2D eigenvalue weighted by molar-refractivity contribution is 0.102. The molecule has 3 aromatic carbocycles. The van der Waals surface area contributed by atoms with Gasteiger partial charge in [-0.3, -0.25) is 4.79 Å². The maximum absolute atomic E-state index is 13.6. The molecule has 3 nitrogen and oxygen atoms in total. The lowest BCUT2D eigenvalue weighted by Crippen LogP contribution is -2.12. The first-order valence-electron chi connectivity index (χ1n) is 8.18. The van der Waals surface area contributed by atoms with E-state index in [2.05, 4.69) is 5.32 Å². The van der Waals surface area contributed by atoms with E-state index in [0.717, 1.165) is 0 Å². The van der Waals surface area contributed by atoms with Crippen molar-refractivity contribution in [2.24, 2.45) is 0 Å². The Kier molecular flexibility index (Phi) is 6.48. The highest BCUT2D eigenvalue weighted by Gasteiger charge is 2.27. The molecule has 30 heavy (non-hydrogen) atoms. The highest BCUT2D eigenvalue weighted by atomic mass is 35.5. The highest BCUT2D eigenvalue weighted by Crippen LogP contribution is 2.30. The molecule has 0 heterocycles. The van der Waals surface area contributed by atoms with Crippen molar-refractivity contribution in [2.75, 3.05) is 5.32 Å². The summed E-state index contributed by atoms with van der Waals surface area (Å²) in [6.45, 7) is -0.500. The van der Waals surface area contributed by atoms with Gasteiger partial charge in [-0.2, -0.15) is 8.78 Å². The monoisotopic (exact) mass is 461 g/mol. The van der Waals surface area contributed by atoms with E-state index in [0.29, 0.717) is 16.3 Å². The molecule has 0 aliphatic rings. The van der Waals surface area contributed by atoms with Crippen LogP contribution in [0.4, 0.5) is 27.6 Å². The normalized spacial score (nSPS) is 10.8. The fourth-order valence-corrected chi connectivity index (χ4v) is 2.74. The Balaban J connectivity index is 1.71. The Morgan fingerprint density at radius 2 is 1.40 bits per heavy atom. The van der Waals surface area contributed by atoms with Crippen LogP contribution in [0.2, 0.25) is 10.0 Å². The van der Waals surface area contributed by atoms with Gasteiger partial charge in [0.2, 0.25) is 29.1 Å². The minimum atomic E-state index is -2.27. The summed E-state index contributed by atoms with van der Waals surface area (Å²) < 4.78 is 71.5. The SMILES string of the molecule is O=C(Nc1cc(Cl)ccc1Cl)c1ccc(COc2c(F)c(F)c(F)c(F)c2F)cc1. The van der Waals surface area contributed by atoms with Crippen molar-refractivity contribution < 1.29 is 31.5 Å². The van der Waals surface area contributed by atoms with Crippen LogP contribution >= 0.6 is 23.2 Å². The van der Waals surface area contributed by atoms with Crippen molar-refractivity contribution in [3.63, 3.8) is 0 Å². The van der Waals surface area contributed by atoms with E-state index >= 15 is 0 Å². The fraction of sp³-hybridized carbons (Fsp3) is 0.0500. The van der Waals surface area contributed by atoms with Crippen LogP contribution in [0.3, 0.4) is 0 Å². The molecule has 0 unspecified atom stereocenters. The molecule has 3 rings (SSSR count). The summed E-state index contributed by atoms with van der Waals surface area (Å²) in [6, 6.07) is 10.1. The Hall–Kier alpha value is -2.84. The van der Waals surface area contributed by atoms with E-state index in [1.54, 1.807) is 6.07 Å². The van der Waals surface area contributed by atoms with Gasteiger partial charge in [-0.05, 0) is 35.9 Å². The van der Waals surface area contributed by atoms with Crippen molar-refractivity contribution in [1.29, 1.82) is 0 Å². The minimum absolute atomic E-state index is 0.214. The molecule has 0 radical (unpaired) electrons. The second-order valence-corrected chi connectivity index (χ2v) is 6.81. The Bertz CT molecular complexity index is 1090. The van der Waals surface area contributed by atoms with Crippen LogP contribution in [0.5, 0.6) is 5.75 Å². The molecule has 1 amide bonds. The zero-order valence-corrected chi connectivity index (χ0v) is 16.2. The molecule has 0 saturated heterocycles. The lowest BCUT2D eigenvalue weighted by atomic mass is 10.1. The van der Waals surface area contributed by atoms with Gasteiger partial charge in [-0.1, -0.05) is 35.3 Å². The maximum atomic E-state index is 13.6. The third-order valence-corrected chi connectivity index (χ3v) is 4.51. The topological polar surface area (TPSA) is 38.3 Å². The molecule has 3 aromatic rings. The van der Waals surface area contributed by atoms with E-state index in [4.69, 9.17) is 27.9 Å². The van der Waals surface area contributed by atoms with E-state index in [9.17, 15) is 26.7 Å². The van der Waals surface area contributed by atoms with E-state index in [-0.39, 0.29) is 10.6 Å².